The highest BCUT2D eigenvalue weighted by Crippen LogP contribution is 2.37. The van der Waals surface area contributed by atoms with Gasteiger partial charge < -0.3 is 0 Å². The summed E-state index contributed by atoms with van der Waals surface area (Å²) in [7, 11) is 0. The molecular weight excluding hydrogens is 279 g/mol. The molecule has 0 aliphatic carbocycles. The molecule has 12 nitrogen and oxygen atoms in total. The molecule has 0 saturated carbocycles. The number of hydrogen-bond donors (Lipinski definition) is 0. The molecule has 0 saturated heterocycles. The summed E-state index contributed by atoms with van der Waals surface area (Å²) in [6, 6.07) is 0. The second-order valence-corrected chi connectivity index (χ2v) is 3.49. The minimum atomic E-state index is -4.58. The highest BCUT2D eigenvalue weighted by atomic mass is 35.5. The van der Waals surface area contributed by atoms with E-state index in [0.29, 0.717) is 0 Å². The fraction of sp³-hybridized carbons (Fsp3) is 1.00. The van der Waals surface area contributed by atoms with E-state index in [1.807, 2.05) is 0 Å². The minimum Gasteiger partial charge on any atom is -0.261 e. The van der Waals surface area contributed by atoms with Crippen molar-refractivity contribution in [3.63, 3.8) is 0 Å². The Morgan fingerprint density at radius 3 is 1.00 bits per heavy atom. The van der Waals surface area contributed by atoms with Gasteiger partial charge in [-0.1, -0.05) is 0 Å². The van der Waals surface area contributed by atoms with E-state index in [4.69, 9.17) is 23.2 Å². The van der Waals surface area contributed by atoms with E-state index in [1.54, 1.807) is 0 Å². The van der Waals surface area contributed by atoms with Crippen LogP contribution in [0.2, 0.25) is 0 Å². The maximum atomic E-state index is 10.3. The van der Waals surface area contributed by atoms with Crippen molar-refractivity contribution in [3.05, 3.63) is 40.5 Å². The molecule has 0 aromatic heterocycles. The largest absolute Gasteiger partial charge is 0.801 e. The molecule has 90 valence electrons. The van der Waals surface area contributed by atoms with E-state index >= 15 is 0 Å². The smallest absolute Gasteiger partial charge is 0.261 e. The van der Waals surface area contributed by atoms with Crippen LogP contribution in [0, 0.1) is 40.5 Å². The molecule has 0 heterocycles. The van der Waals surface area contributed by atoms with Crippen molar-refractivity contribution in [2.45, 2.75) is 10.2 Å². The van der Waals surface area contributed by atoms with Crippen molar-refractivity contribution in [3.8, 4) is 0 Å². The normalized spacial score (nSPS) is 11.9. The van der Waals surface area contributed by atoms with E-state index in [-0.39, 0.29) is 0 Å². The predicted molar refractivity (Wildman–Crippen MR) is 45.1 cm³/mol. The molecule has 0 atom stereocenters. The molecule has 0 aliphatic rings. The molecule has 0 aliphatic heterocycles. The van der Waals surface area contributed by atoms with Gasteiger partial charge in [0.1, 0.15) is 0 Å². The average molecular weight is 279 g/mol. The maximum absolute atomic E-state index is 10.3. The number of nitrogens with zero attached hydrogens (tertiary/aromatic N) is 4. The Kier molecular flexibility index (Phi) is 3.52. The molecule has 16 heavy (non-hydrogen) atoms. The zero-order chi connectivity index (χ0) is 13.3. The predicted octanol–water partition coefficient (Wildman–Crippen LogP) is -0.122. The first kappa shape index (κ1) is 14.2. The van der Waals surface area contributed by atoms with Crippen molar-refractivity contribution in [1.82, 2.24) is 0 Å². The molecule has 0 fully saturated rings. The van der Waals surface area contributed by atoms with Crippen molar-refractivity contribution < 1.29 is 19.7 Å². The Hall–Kier alpha value is -1.82. The summed E-state index contributed by atoms with van der Waals surface area (Å²) in [5.41, 5.74) is 0. The fourth-order valence-corrected chi connectivity index (χ4v) is 1.07. The van der Waals surface area contributed by atoms with Gasteiger partial charge in [0.15, 0.2) is 14.8 Å². The summed E-state index contributed by atoms with van der Waals surface area (Å²) in [6.45, 7) is 0. The zero-order valence-electron chi connectivity index (χ0n) is 6.81. The van der Waals surface area contributed by atoms with E-state index in [2.05, 4.69) is 0 Å². The molecule has 0 radical (unpaired) electrons. The van der Waals surface area contributed by atoms with Gasteiger partial charge >= 0.3 is 10.2 Å². The third kappa shape index (κ3) is 1.57. The van der Waals surface area contributed by atoms with Crippen molar-refractivity contribution in [2.24, 2.45) is 0 Å². The van der Waals surface area contributed by atoms with Gasteiger partial charge in [-0.05, 0) is 0 Å². The van der Waals surface area contributed by atoms with Crippen LogP contribution in [0.1, 0.15) is 0 Å². The van der Waals surface area contributed by atoms with E-state index in [9.17, 15) is 40.5 Å². The Morgan fingerprint density at radius 2 is 0.938 bits per heavy atom. The molecule has 0 N–H and O–H groups in total. The molecule has 0 aromatic rings. The third-order valence-electron chi connectivity index (χ3n) is 1.40. The van der Waals surface area contributed by atoms with E-state index in [0.717, 1.165) is 0 Å². The van der Waals surface area contributed by atoms with Crippen LogP contribution in [0.4, 0.5) is 0 Å². The van der Waals surface area contributed by atoms with Crippen LogP contribution in [-0.4, -0.2) is 29.9 Å². The summed E-state index contributed by atoms with van der Waals surface area (Å²) in [5.74, 6) is -4.58. The van der Waals surface area contributed by atoms with Gasteiger partial charge in [0.2, 0.25) is 0 Å². The van der Waals surface area contributed by atoms with Crippen LogP contribution >= 0.6 is 23.2 Å². The molecular formula is C2Cl2N4O8. The van der Waals surface area contributed by atoms with Crippen LogP contribution in [0.25, 0.3) is 0 Å². The SMILES string of the molecule is O=[N+]([O-])C(Cl)(Cl)C([N+](=O)[O-])([N+](=O)[O-])[N+](=O)[O-]. The van der Waals surface area contributed by atoms with Crippen molar-refractivity contribution in [2.75, 3.05) is 0 Å². The first-order valence-electron chi connectivity index (χ1n) is 2.98. The minimum absolute atomic E-state index is 1.90. The molecule has 14 heteroatoms. The highest BCUT2D eigenvalue weighted by molar-refractivity contribution is 6.47. The lowest BCUT2D eigenvalue weighted by atomic mass is 10.4. The van der Waals surface area contributed by atoms with E-state index < -0.39 is 29.9 Å². The standard InChI is InChI=1S/C2Cl2N4O8/c3-1(4,5(9)10)2(6(11)12,7(13)14)8(15)16. The molecule has 0 bridgehead atoms. The van der Waals surface area contributed by atoms with Gasteiger partial charge in [-0.3, -0.25) is 40.5 Å². The maximum Gasteiger partial charge on any atom is 0.801 e. The van der Waals surface area contributed by atoms with Crippen LogP contribution < -0.4 is 0 Å². The molecule has 0 amide bonds. The van der Waals surface area contributed by atoms with E-state index in [1.165, 1.54) is 0 Å². The Labute approximate surface area is 94.3 Å². The summed E-state index contributed by atoms with van der Waals surface area (Å²) in [5, 5.41) is 41.1. The van der Waals surface area contributed by atoms with Crippen LogP contribution in [0.5, 0.6) is 0 Å². The zero-order valence-corrected chi connectivity index (χ0v) is 8.32. The molecule has 0 aromatic carbocycles. The molecule has 0 spiro atoms. The van der Waals surface area contributed by atoms with Gasteiger partial charge in [0.05, 0.1) is 4.92 Å². The van der Waals surface area contributed by atoms with Crippen LogP contribution in [0.3, 0.4) is 0 Å². The van der Waals surface area contributed by atoms with Gasteiger partial charge in [-0.15, -0.1) is 0 Å². The second-order valence-electron chi connectivity index (χ2n) is 2.21. The lowest BCUT2D eigenvalue weighted by Crippen LogP contribution is -2.67. The lowest BCUT2D eigenvalue weighted by Gasteiger charge is -2.12. The highest BCUT2D eigenvalue weighted by Gasteiger charge is 2.93. The summed E-state index contributed by atoms with van der Waals surface area (Å²) in [4.78, 5) is 32.8. The number of nitro groups is 4. The van der Waals surface area contributed by atoms with Gasteiger partial charge in [0.25, 0.3) is 0 Å². The monoisotopic (exact) mass is 278 g/mol. The van der Waals surface area contributed by atoms with Crippen LogP contribution in [0.15, 0.2) is 0 Å². The topological polar surface area (TPSA) is 173 Å². The second kappa shape index (κ2) is 3.97. The van der Waals surface area contributed by atoms with Crippen molar-refractivity contribution >= 4 is 23.2 Å². The van der Waals surface area contributed by atoms with Gasteiger partial charge in [-0.2, -0.15) is 0 Å². The van der Waals surface area contributed by atoms with Gasteiger partial charge in [-0.25, -0.2) is 0 Å². The lowest BCUT2D eigenvalue weighted by molar-refractivity contribution is -0.992. The summed E-state index contributed by atoms with van der Waals surface area (Å²) >= 11 is 9.44. The fourth-order valence-electron chi connectivity index (χ4n) is 0.652. The van der Waals surface area contributed by atoms with Crippen LogP contribution in [-0.2, 0) is 0 Å². The summed E-state index contributed by atoms with van der Waals surface area (Å²) < 4.78 is -4.05. The summed E-state index contributed by atoms with van der Waals surface area (Å²) in [6.07, 6.45) is 0. The quantitative estimate of drug-likeness (QED) is 0.220. The molecule has 0 rings (SSSR count). The Balaban J connectivity index is 6.14. The molecule has 0 unspecified atom stereocenters. The third-order valence-corrected chi connectivity index (χ3v) is 2.18. The Bertz CT molecular complexity index is 342. The number of halogens is 2. The number of alkyl halides is 2. The van der Waals surface area contributed by atoms with Crippen molar-refractivity contribution in [1.29, 1.82) is 0 Å². The number of hydrogen-bond acceptors (Lipinski definition) is 8. The first-order chi connectivity index (χ1) is 7.02. The van der Waals surface area contributed by atoms with Gasteiger partial charge in [0, 0.05) is 23.2 Å². The Morgan fingerprint density at radius 1 is 0.688 bits per heavy atom. The first-order valence-corrected chi connectivity index (χ1v) is 3.74. The number of rotatable bonds is 5. The average Bonchev–Trinajstić information content (AvgIpc) is 2.00.